The number of aromatic nitrogens is 5. The zero-order valence-electron chi connectivity index (χ0n) is 13.4. The lowest BCUT2D eigenvalue weighted by Gasteiger charge is -2.02. The highest BCUT2D eigenvalue weighted by Crippen LogP contribution is 2.32. The van der Waals surface area contributed by atoms with Gasteiger partial charge >= 0.3 is 0 Å². The number of pyridine rings is 2. The van der Waals surface area contributed by atoms with Gasteiger partial charge in [0.1, 0.15) is 12.2 Å². The highest BCUT2D eigenvalue weighted by atomic mass is 15.3. The lowest BCUT2D eigenvalue weighted by Crippen LogP contribution is -2.32. The van der Waals surface area contributed by atoms with E-state index in [0.29, 0.717) is 0 Å². The van der Waals surface area contributed by atoms with Crippen LogP contribution in [0.25, 0.3) is 34.0 Å². The van der Waals surface area contributed by atoms with Gasteiger partial charge in [-0.2, -0.15) is 4.98 Å². The molecule has 0 fully saturated rings. The van der Waals surface area contributed by atoms with Crippen LogP contribution >= 0.6 is 0 Å². The molecule has 5 heterocycles. The van der Waals surface area contributed by atoms with Gasteiger partial charge in [0.25, 0.3) is 11.3 Å². The summed E-state index contributed by atoms with van der Waals surface area (Å²) in [4.78, 5) is 9.50. The standard InChI is InChI=1S/C20H14N5/c1-2-7-14(8-3-1)25-18-20(23-12-5-4-10-17(23)22-18)24-13-16-15(19(24)25)9-6-11-21-16/h1-12H,13H2/q+1. The van der Waals surface area contributed by atoms with Gasteiger partial charge in [-0.05, 0) is 36.4 Å². The molecular weight excluding hydrogens is 310 g/mol. The predicted octanol–water partition coefficient (Wildman–Crippen LogP) is 2.99. The smallest absolute Gasteiger partial charge is 0.257 e. The second-order valence-electron chi connectivity index (χ2n) is 6.27. The van der Waals surface area contributed by atoms with Crippen molar-refractivity contribution in [2.75, 3.05) is 0 Å². The molecule has 0 saturated carbocycles. The molecule has 6 rings (SSSR count). The zero-order valence-corrected chi connectivity index (χ0v) is 13.4. The second kappa shape index (κ2) is 4.54. The fraction of sp³-hybridized carbons (Fsp3) is 0.0500. The van der Waals surface area contributed by atoms with Gasteiger partial charge in [0, 0.05) is 6.20 Å². The van der Waals surface area contributed by atoms with Crippen LogP contribution in [0.3, 0.4) is 0 Å². The van der Waals surface area contributed by atoms with Gasteiger partial charge in [-0.3, -0.25) is 4.98 Å². The van der Waals surface area contributed by atoms with Crippen LogP contribution in [0.15, 0.2) is 73.1 Å². The molecule has 0 spiro atoms. The van der Waals surface area contributed by atoms with Crippen LogP contribution < -0.4 is 4.57 Å². The topological polar surface area (TPSA) is 39.0 Å². The van der Waals surface area contributed by atoms with Crippen LogP contribution in [-0.4, -0.2) is 18.9 Å². The van der Waals surface area contributed by atoms with E-state index in [1.165, 1.54) is 5.56 Å². The van der Waals surface area contributed by atoms with Gasteiger partial charge in [0.2, 0.25) is 5.82 Å². The van der Waals surface area contributed by atoms with E-state index in [4.69, 9.17) is 4.98 Å². The Morgan fingerprint density at radius 3 is 2.72 bits per heavy atom. The fourth-order valence-corrected chi connectivity index (χ4v) is 3.85. The lowest BCUT2D eigenvalue weighted by molar-refractivity contribution is -0.648. The summed E-state index contributed by atoms with van der Waals surface area (Å²) in [6.45, 7) is 0.768. The molecule has 0 amide bonds. The van der Waals surface area contributed by atoms with Gasteiger partial charge in [-0.25, -0.2) is 13.5 Å². The Morgan fingerprint density at radius 1 is 0.920 bits per heavy atom. The Kier molecular flexibility index (Phi) is 2.34. The number of para-hydroxylation sites is 1. The first-order valence-corrected chi connectivity index (χ1v) is 8.33. The first-order valence-electron chi connectivity index (χ1n) is 8.33. The molecule has 0 aliphatic carbocycles. The number of hydrogen-bond donors (Lipinski definition) is 0. The maximum atomic E-state index is 4.91. The first kappa shape index (κ1) is 12.9. The summed E-state index contributed by atoms with van der Waals surface area (Å²) in [7, 11) is 0. The van der Waals surface area contributed by atoms with Gasteiger partial charge in [0.15, 0.2) is 5.65 Å². The van der Waals surface area contributed by atoms with Crippen LogP contribution in [0.2, 0.25) is 0 Å². The molecule has 0 unspecified atom stereocenters. The molecule has 0 atom stereocenters. The molecule has 0 N–H and O–H groups in total. The lowest BCUT2D eigenvalue weighted by atomic mass is 10.2. The molecular formula is C20H14N5+. The third-order valence-electron chi connectivity index (χ3n) is 4.88. The predicted molar refractivity (Wildman–Crippen MR) is 94.6 cm³/mol. The van der Waals surface area contributed by atoms with E-state index in [1.54, 1.807) is 0 Å². The maximum absolute atomic E-state index is 4.91. The summed E-state index contributed by atoms with van der Waals surface area (Å²) in [5.74, 6) is 1.14. The van der Waals surface area contributed by atoms with Gasteiger partial charge in [-0.1, -0.05) is 24.3 Å². The zero-order chi connectivity index (χ0) is 16.4. The monoisotopic (exact) mass is 324 g/mol. The Hall–Kier alpha value is -3.47. The molecule has 118 valence electrons. The number of fused-ring (bicyclic) bond motifs is 7. The first-order chi connectivity index (χ1) is 12.4. The van der Waals surface area contributed by atoms with E-state index in [1.807, 2.05) is 36.5 Å². The van der Waals surface area contributed by atoms with Crippen LogP contribution in [0.5, 0.6) is 0 Å². The molecule has 1 aromatic carbocycles. The van der Waals surface area contributed by atoms with Gasteiger partial charge in [-0.15, -0.1) is 0 Å². The van der Waals surface area contributed by atoms with Crippen LogP contribution in [-0.2, 0) is 6.54 Å². The van der Waals surface area contributed by atoms with Crippen molar-refractivity contribution in [1.82, 2.24) is 18.9 Å². The van der Waals surface area contributed by atoms with Gasteiger partial charge < -0.3 is 0 Å². The highest BCUT2D eigenvalue weighted by Gasteiger charge is 2.36. The number of nitrogens with zero attached hydrogens (tertiary/aromatic N) is 5. The molecule has 1 aliphatic heterocycles. The van der Waals surface area contributed by atoms with Gasteiger partial charge in [0.05, 0.1) is 17.5 Å². The van der Waals surface area contributed by atoms with Crippen molar-refractivity contribution >= 4 is 16.9 Å². The van der Waals surface area contributed by atoms with Crippen LogP contribution in [0.4, 0.5) is 0 Å². The Morgan fingerprint density at radius 2 is 1.80 bits per heavy atom. The van der Waals surface area contributed by atoms with E-state index in [9.17, 15) is 0 Å². The number of imidazole rings is 2. The van der Waals surface area contributed by atoms with E-state index >= 15 is 0 Å². The fourth-order valence-electron chi connectivity index (χ4n) is 3.85. The Labute approximate surface area is 143 Å². The van der Waals surface area contributed by atoms with E-state index in [0.717, 1.165) is 40.7 Å². The Bertz CT molecular complexity index is 1260. The SMILES string of the molecule is c1ccc(-n2c3[n+](c4c2nc2ccccn24)Cc2ncccc2-3)cc1. The van der Waals surface area contributed by atoms with E-state index in [2.05, 4.69) is 55.0 Å². The summed E-state index contributed by atoms with van der Waals surface area (Å²) in [6, 6.07) is 20.7. The summed E-state index contributed by atoms with van der Waals surface area (Å²) >= 11 is 0. The Balaban J connectivity index is 1.83. The quantitative estimate of drug-likeness (QED) is 0.436. The third kappa shape index (κ3) is 1.59. The molecule has 0 bridgehead atoms. The summed E-state index contributed by atoms with van der Waals surface area (Å²) in [5, 5.41) is 0. The van der Waals surface area contributed by atoms with Crippen molar-refractivity contribution in [1.29, 1.82) is 0 Å². The number of rotatable bonds is 1. The molecule has 5 nitrogen and oxygen atoms in total. The van der Waals surface area contributed by atoms with Crippen molar-refractivity contribution in [3.05, 3.63) is 78.8 Å². The average molecular weight is 324 g/mol. The summed E-state index contributed by atoms with van der Waals surface area (Å²) in [6.07, 6.45) is 3.94. The molecule has 25 heavy (non-hydrogen) atoms. The molecule has 4 aromatic heterocycles. The van der Waals surface area contributed by atoms with Crippen molar-refractivity contribution < 1.29 is 4.57 Å². The molecule has 0 saturated heterocycles. The van der Waals surface area contributed by atoms with Crippen molar-refractivity contribution in [3.8, 4) is 17.1 Å². The maximum Gasteiger partial charge on any atom is 0.295 e. The minimum Gasteiger partial charge on any atom is -0.257 e. The average Bonchev–Trinajstić information content (AvgIpc) is 3.29. The van der Waals surface area contributed by atoms with Crippen LogP contribution in [0.1, 0.15) is 5.69 Å². The summed E-state index contributed by atoms with van der Waals surface area (Å²) in [5.41, 5.74) is 6.43. The largest absolute Gasteiger partial charge is 0.295 e. The summed E-state index contributed by atoms with van der Waals surface area (Å²) < 4.78 is 6.72. The van der Waals surface area contributed by atoms with Crippen molar-refractivity contribution in [2.24, 2.45) is 0 Å². The minimum absolute atomic E-state index is 0.768. The van der Waals surface area contributed by atoms with Crippen LogP contribution in [0, 0.1) is 0 Å². The molecule has 0 radical (unpaired) electrons. The normalized spacial score (nSPS) is 12.6. The number of hydrogen-bond acceptors (Lipinski definition) is 2. The second-order valence-corrected chi connectivity index (χ2v) is 6.27. The van der Waals surface area contributed by atoms with Crippen molar-refractivity contribution in [2.45, 2.75) is 6.54 Å². The minimum atomic E-state index is 0.768. The van der Waals surface area contributed by atoms with E-state index < -0.39 is 0 Å². The van der Waals surface area contributed by atoms with Crippen molar-refractivity contribution in [3.63, 3.8) is 0 Å². The molecule has 1 aliphatic rings. The highest BCUT2D eigenvalue weighted by molar-refractivity contribution is 5.79. The molecule has 5 heteroatoms. The third-order valence-corrected chi connectivity index (χ3v) is 4.88. The van der Waals surface area contributed by atoms with E-state index in [-0.39, 0.29) is 0 Å². The molecule has 5 aromatic rings. The number of benzene rings is 1.